The van der Waals surface area contributed by atoms with E-state index in [0.29, 0.717) is 30.5 Å². The van der Waals surface area contributed by atoms with E-state index in [-0.39, 0.29) is 5.91 Å². The van der Waals surface area contributed by atoms with Gasteiger partial charge in [-0.3, -0.25) is 4.79 Å². The van der Waals surface area contributed by atoms with Gasteiger partial charge in [0, 0.05) is 36.7 Å². The van der Waals surface area contributed by atoms with Crippen molar-refractivity contribution in [1.29, 1.82) is 0 Å². The minimum atomic E-state index is 0.223. The zero-order chi connectivity index (χ0) is 17.1. The van der Waals surface area contributed by atoms with Gasteiger partial charge in [0.25, 0.3) is 0 Å². The standard InChI is InChI=1S/C17H24N4O2S/c1-11-12(2)24-17(18-11)14-6-5-9-21(10-14)16(22)8-4-7-15-19-13(3)20-23-15/h14H,4-10H2,1-3H3. The molecular weight excluding hydrogens is 324 g/mol. The SMILES string of the molecule is Cc1noc(CCCC(=O)N2CCCC(c3nc(C)c(C)s3)C2)n1. The average Bonchev–Trinajstić information content (AvgIpc) is 3.13. The summed E-state index contributed by atoms with van der Waals surface area (Å²) < 4.78 is 5.09. The number of aromatic nitrogens is 3. The number of aryl methyl sites for hydroxylation is 4. The summed E-state index contributed by atoms with van der Waals surface area (Å²) in [6.07, 6.45) is 4.12. The molecule has 0 saturated carbocycles. The summed E-state index contributed by atoms with van der Waals surface area (Å²) in [5.41, 5.74) is 1.12. The molecule has 1 aliphatic heterocycles. The van der Waals surface area contributed by atoms with Gasteiger partial charge in [0.15, 0.2) is 5.82 Å². The summed E-state index contributed by atoms with van der Waals surface area (Å²) in [7, 11) is 0. The number of thiazole rings is 1. The third-order valence-electron chi connectivity index (χ3n) is 4.52. The van der Waals surface area contributed by atoms with Gasteiger partial charge in [-0.15, -0.1) is 11.3 Å². The quantitative estimate of drug-likeness (QED) is 0.830. The zero-order valence-corrected chi connectivity index (χ0v) is 15.4. The van der Waals surface area contributed by atoms with Crippen LogP contribution >= 0.6 is 11.3 Å². The predicted octanol–water partition coefficient (Wildman–Crippen LogP) is 3.18. The lowest BCUT2D eigenvalue weighted by atomic mass is 9.98. The molecule has 0 aromatic carbocycles. The first-order valence-electron chi connectivity index (χ1n) is 8.54. The van der Waals surface area contributed by atoms with Gasteiger partial charge in [-0.1, -0.05) is 5.16 Å². The van der Waals surface area contributed by atoms with E-state index in [1.165, 1.54) is 9.88 Å². The fourth-order valence-electron chi connectivity index (χ4n) is 3.07. The van der Waals surface area contributed by atoms with Crippen LogP contribution in [-0.2, 0) is 11.2 Å². The Balaban J connectivity index is 1.51. The van der Waals surface area contributed by atoms with E-state index in [4.69, 9.17) is 4.52 Å². The molecule has 2 aromatic heterocycles. The highest BCUT2D eigenvalue weighted by atomic mass is 32.1. The highest BCUT2D eigenvalue weighted by Gasteiger charge is 2.26. The van der Waals surface area contributed by atoms with Crippen molar-refractivity contribution in [1.82, 2.24) is 20.0 Å². The first kappa shape index (κ1) is 17.1. The molecule has 2 aromatic rings. The number of carbonyl (C=O) groups is 1. The van der Waals surface area contributed by atoms with Crippen LogP contribution in [0.1, 0.15) is 58.9 Å². The van der Waals surface area contributed by atoms with Crippen molar-refractivity contribution in [2.45, 2.75) is 58.8 Å². The highest BCUT2D eigenvalue weighted by Crippen LogP contribution is 2.31. The van der Waals surface area contributed by atoms with Crippen LogP contribution in [0.2, 0.25) is 0 Å². The number of hydrogen-bond donors (Lipinski definition) is 0. The van der Waals surface area contributed by atoms with E-state index >= 15 is 0 Å². The van der Waals surface area contributed by atoms with E-state index < -0.39 is 0 Å². The lowest BCUT2D eigenvalue weighted by Gasteiger charge is -2.32. The summed E-state index contributed by atoms with van der Waals surface area (Å²) in [5, 5.41) is 4.95. The predicted molar refractivity (Wildman–Crippen MR) is 92.1 cm³/mol. The molecule has 7 heteroatoms. The Kier molecular flexibility index (Phi) is 5.28. The number of carbonyl (C=O) groups excluding carboxylic acids is 1. The van der Waals surface area contributed by atoms with E-state index in [2.05, 4.69) is 29.0 Å². The second-order valence-electron chi connectivity index (χ2n) is 6.46. The molecule has 0 radical (unpaired) electrons. The van der Waals surface area contributed by atoms with E-state index in [1.807, 2.05) is 4.90 Å². The Morgan fingerprint density at radius 3 is 2.83 bits per heavy atom. The van der Waals surface area contributed by atoms with Crippen LogP contribution in [0.25, 0.3) is 0 Å². The van der Waals surface area contributed by atoms with E-state index in [9.17, 15) is 4.79 Å². The Labute approximate surface area is 146 Å². The molecule has 3 heterocycles. The van der Waals surface area contributed by atoms with E-state index in [1.54, 1.807) is 18.3 Å². The zero-order valence-electron chi connectivity index (χ0n) is 14.5. The number of likely N-dealkylation sites (tertiary alicyclic amines) is 1. The second kappa shape index (κ2) is 7.42. The third-order valence-corrected chi connectivity index (χ3v) is 5.75. The van der Waals surface area contributed by atoms with Gasteiger partial charge in [0.2, 0.25) is 11.8 Å². The maximum absolute atomic E-state index is 12.5. The van der Waals surface area contributed by atoms with Gasteiger partial charge in [-0.25, -0.2) is 4.98 Å². The molecular formula is C17H24N4O2S. The van der Waals surface area contributed by atoms with Gasteiger partial charge < -0.3 is 9.42 Å². The number of hydrogen-bond acceptors (Lipinski definition) is 6. The molecule has 1 amide bonds. The molecule has 6 nitrogen and oxygen atoms in total. The molecule has 1 unspecified atom stereocenters. The Hall–Kier alpha value is -1.76. The molecule has 0 bridgehead atoms. The van der Waals surface area contributed by atoms with Gasteiger partial charge in [-0.05, 0) is 40.0 Å². The number of piperidine rings is 1. The number of nitrogens with zero attached hydrogens (tertiary/aromatic N) is 4. The largest absolute Gasteiger partial charge is 0.342 e. The average molecular weight is 348 g/mol. The maximum Gasteiger partial charge on any atom is 0.226 e. The summed E-state index contributed by atoms with van der Waals surface area (Å²) in [6, 6.07) is 0. The Morgan fingerprint density at radius 2 is 2.17 bits per heavy atom. The van der Waals surface area contributed by atoms with Crippen LogP contribution in [0.5, 0.6) is 0 Å². The van der Waals surface area contributed by atoms with Crippen LogP contribution in [-0.4, -0.2) is 39.0 Å². The van der Waals surface area contributed by atoms with Crippen molar-refractivity contribution in [2.24, 2.45) is 0 Å². The van der Waals surface area contributed by atoms with Crippen LogP contribution in [0, 0.1) is 20.8 Å². The maximum atomic E-state index is 12.5. The van der Waals surface area contributed by atoms with Crippen molar-refractivity contribution in [3.05, 3.63) is 27.3 Å². The summed E-state index contributed by atoms with van der Waals surface area (Å²) in [6.45, 7) is 7.62. The molecule has 0 N–H and O–H groups in total. The number of rotatable bonds is 5. The van der Waals surface area contributed by atoms with Crippen LogP contribution in [0.15, 0.2) is 4.52 Å². The molecule has 1 saturated heterocycles. The number of amides is 1. The van der Waals surface area contributed by atoms with Crippen molar-refractivity contribution in [3.63, 3.8) is 0 Å². The van der Waals surface area contributed by atoms with Crippen molar-refractivity contribution in [3.8, 4) is 0 Å². The molecule has 24 heavy (non-hydrogen) atoms. The van der Waals surface area contributed by atoms with Gasteiger partial charge in [-0.2, -0.15) is 4.98 Å². The highest BCUT2D eigenvalue weighted by molar-refractivity contribution is 7.11. The molecule has 1 fully saturated rings. The smallest absolute Gasteiger partial charge is 0.226 e. The van der Waals surface area contributed by atoms with E-state index in [0.717, 1.165) is 38.0 Å². The lowest BCUT2D eigenvalue weighted by Crippen LogP contribution is -2.39. The summed E-state index contributed by atoms with van der Waals surface area (Å²) in [5.74, 6) is 1.87. The van der Waals surface area contributed by atoms with Crippen molar-refractivity contribution in [2.75, 3.05) is 13.1 Å². The van der Waals surface area contributed by atoms with Crippen molar-refractivity contribution >= 4 is 17.2 Å². The second-order valence-corrected chi connectivity index (χ2v) is 7.70. The Morgan fingerprint density at radius 1 is 1.33 bits per heavy atom. The summed E-state index contributed by atoms with van der Waals surface area (Å²) >= 11 is 1.78. The molecule has 1 atom stereocenters. The Bertz CT molecular complexity index is 690. The van der Waals surface area contributed by atoms with Gasteiger partial charge >= 0.3 is 0 Å². The van der Waals surface area contributed by atoms with Crippen LogP contribution in [0.3, 0.4) is 0 Å². The topological polar surface area (TPSA) is 72.1 Å². The first-order chi connectivity index (χ1) is 11.5. The first-order valence-corrected chi connectivity index (χ1v) is 9.35. The van der Waals surface area contributed by atoms with Crippen LogP contribution in [0.4, 0.5) is 0 Å². The fourth-order valence-corrected chi connectivity index (χ4v) is 4.12. The minimum Gasteiger partial charge on any atom is -0.342 e. The summed E-state index contributed by atoms with van der Waals surface area (Å²) in [4.78, 5) is 24.6. The molecule has 0 aliphatic carbocycles. The monoisotopic (exact) mass is 348 g/mol. The van der Waals surface area contributed by atoms with Gasteiger partial charge in [0.1, 0.15) is 0 Å². The molecule has 3 rings (SSSR count). The van der Waals surface area contributed by atoms with Crippen molar-refractivity contribution < 1.29 is 9.32 Å². The molecule has 130 valence electrons. The normalized spacial score (nSPS) is 18.1. The fraction of sp³-hybridized carbons (Fsp3) is 0.647. The van der Waals surface area contributed by atoms with Gasteiger partial charge in [0.05, 0.1) is 10.7 Å². The molecule has 1 aliphatic rings. The van der Waals surface area contributed by atoms with Crippen LogP contribution < -0.4 is 0 Å². The molecule has 0 spiro atoms. The third kappa shape index (κ3) is 4.01. The minimum absolute atomic E-state index is 0.223. The lowest BCUT2D eigenvalue weighted by molar-refractivity contribution is -0.132.